The fourth-order valence-corrected chi connectivity index (χ4v) is 5.14. The summed E-state index contributed by atoms with van der Waals surface area (Å²) >= 11 is 6.52. The molecule has 1 aromatic heterocycles. The standard InChI is InChI=1S/C20H21ClN2O4S/c21-17-12-20(22-18-6-5-15(11-16(17)18)27-9-8-24)23-7-10-28(25,26)19-4-2-1-3-14(19)13-23/h1-6,11-12,24-26H,7-10,13H2. The molecule has 1 aliphatic rings. The monoisotopic (exact) mass is 420 g/mol. The molecule has 0 unspecified atom stereocenters. The Morgan fingerprint density at radius 2 is 1.96 bits per heavy atom. The molecule has 0 amide bonds. The fourth-order valence-electron chi connectivity index (χ4n) is 3.35. The molecule has 148 valence electrons. The van der Waals surface area contributed by atoms with Crippen molar-refractivity contribution in [1.82, 2.24) is 4.98 Å². The van der Waals surface area contributed by atoms with E-state index in [1.165, 1.54) is 0 Å². The largest absolute Gasteiger partial charge is 0.491 e. The van der Waals surface area contributed by atoms with Gasteiger partial charge in [0.15, 0.2) is 0 Å². The van der Waals surface area contributed by atoms with Crippen LogP contribution < -0.4 is 9.64 Å². The Bertz CT molecular complexity index is 1010. The number of hydrogen-bond donors (Lipinski definition) is 3. The quantitative estimate of drug-likeness (QED) is 0.580. The molecular formula is C20H21ClN2O4S. The number of fused-ring (bicyclic) bond motifs is 2. The first-order chi connectivity index (χ1) is 13.5. The number of ether oxygens (including phenoxy) is 1. The van der Waals surface area contributed by atoms with Crippen LogP contribution in [0.25, 0.3) is 10.9 Å². The molecule has 3 N–H and O–H groups in total. The Morgan fingerprint density at radius 1 is 1.14 bits per heavy atom. The molecule has 0 radical (unpaired) electrons. The normalized spacial score (nSPS) is 17.1. The van der Waals surface area contributed by atoms with Gasteiger partial charge in [0.1, 0.15) is 18.2 Å². The van der Waals surface area contributed by atoms with Crippen LogP contribution in [0.15, 0.2) is 53.4 Å². The second kappa shape index (κ2) is 7.77. The predicted molar refractivity (Wildman–Crippen MR) is 113 cm³/mol. The van der Waals surface area contributed by atoms with Crippen LogP contribution in [-0.4, -0.2) is 44.7 Å². The van der Waals surface area contributed by atoms with Gasteiger partial charge in [0.05, 0.1) is 27.8 Å². The van der Waals surface area contributed by atoms with E-state index in [4.69, 9.17) is 26.4 Å². The molecule has 1 aliphatic heterocycles. The van der Waals surface area contributed by atoms with E-state index in [0.29, 0.717) is 34.6 Å². The molecule has 0 bridgehead atoms. The van der Waals surface area contributed by atoms with Gasteiger partial charge < -0.3 is 14.7 Å². The van der Waals surface area contributed by atoms with Crippen LogP contribution >= 0.6 is 22.2 Å². The van der Waals surface area contributed by atoms with Crippen molar-refractivity contribution in [3.63, 3.8) is 0 Å². The Labute approximate surface area is 169 Å². The van der Waals surface area contributed by atoms with E-state index in [1.54, 1.807) is 24.3 Å². The molecule has 2 heterocycles. The molecule has 0 spiro atoms. The van der Waals surface area contributed by atoms with Gasteiger partial charge in [-0.3, -0.25) is 9.11 Å². The van der Waals surface area contributed by atoms with Gasteiger partial charge in [0.25, 0.3) is 0 Å². The summed E-state index contributed by atoms with van der Waals surface area (Å²) in [5.74, 6) is 1.55. The highest BCUT2D eigenvalue weighted by molar-refractivity contribution is 8.24. The number of hydrogen-bond acceptors (Lipinski definition) is 6. The van der Waals surface area contributed by atoms with Crippen LogP contribution in [0.4, 0.5) is 5.82 Å². The summed E-state index contributed by atoms with van der Waals surface area (Å²) in [7, 11) is -2.83. The third kappa shape index (κ3) is 3.76. The van der Waals surface area contributed by atoms with Crippen molar-refractivity contribution in [1.29, 1.82) is 0 Å². The van der Waals surface area contributed by atoms with Crippen molar-refractivity contribution in [2.45, 2.75) is 11.4 Å². The molecule has 0 saturated carbocycles. The highest BCUT2D eigenvalue weighted by Crippen LogP contribution is 2.51. The number of pyridine rings is 1. The minimum Gasteiger partial charge on any atom is -0.491 e. The number of aliphatic hydroxyl groups excluding tert-OH is 1. The number of aliphatic hydroxyl groups is 1. The summed E-state index contributed by atoms with van der Waals surface area (Å²) in [5, 5.41) is 10.2. The van der Waals surface area contributed by atoms with Crippen LogP contribution in [0.5, 0.6) is 5.75 Å². The molecule has 0 aliphatic carbocycles. The van der Waals surface area contributed by atoms with E-state index in [0.717, 1.165) is 16.5 Å². The van der Waals surface area contributed by atoms with E-state index < -0.39 is 10.6 Å². The van der Waals surface area contributed by atoms with Crippen molar-refractivity contribution < 1.29 is 18.9 Å². The van der Waals surface area contributed by atoms with Crippen molar-refractivity contribution in [3.05, 3.63) is 59.1 Å². The topological polar surface area (TPSA) is 86.1 Å². The molecule has 0 atom stereocenters. The van der Waals surface area contributed by atoms with Crippen LogP contribution in [0.1, 0.15) is 5.56 Å². The second-order valence-electron chi connectivity index (χ2n) is 6.61. The lowest BCUT2D eigenvalue weighted by Crippen LogP contribution is -2.26. The lowest BCUT2D eigenvalue weighted by Gasteiger charge is -2.32. The van der Waals surface area contributed by atoms with Gasteiger partial charge in [0.2, 0.25) is 0 Å². The summed E-state index contributed by atoms with van der Waals surface area (Å²) in [4.78, 5) is 7.35. The van der Waals surface area contributed by atoms with E-state index in [2.05, 4.69) is 0 Å². The number of aromatic nitrogens is 1. The molecular weight excluding hydrogens is 400 g/mol. The number of anilines is 1. The third-order valence-corrected chi connectivity index (χ3v) is 6.90. The molecule has 3 aromatic rings. The minimum atomic E-state index is -2.83. The molecule has 8 heteroatoms. The zero-order valence-electron chi connectivity index (χ0n) is 15.1. The van der Waals surface area contributed by atoms with Gasteiger partial charge in [0, 0.05) is 18.5 Å². The Hall–Kier alpha value is -2.03. The zero-order valence-corrected chi connectivity index (χ0v) is 16.7. The number of nitrogens with zero attached hydrogens (tertiary/aromatic N) is 2. The maximum Gasteiger partial charge on any atom is 0.131 e. The first-order valence-electron chi connectivity index (χ1n) is 8.91. The summed E-state index contributed by atoms with van der Waals surface area (Å²) in [6, 6.07) is 14.6. The van der Waals surface area contributed by atoms with Gasteiger partial charge >= 0.3 is 0 Å². The van der Waals surface area contributed by atoms with Crippen LogP contribution in [0, 0.1) is 0 Å². The van der Waals surface area contributed by atoms with Crippen LogP contribution in [0.2, 0.25) is 5.02 Å². The molecule has 0 saturated heterocycles. The lowest BCUT2D eigenvalue weighted by atomic mass is 10.2. The van der Waals surface area contributed by atoms with Crippen molar-refractivity contribution in [2.24, 2.45) is 0 Å². The molecule has 28 heavy (non-hydrogen) atoms. The Morgan fingerprint density at radius 3 is 2.79 bits per heavy atom. The smallest absolute Gasteiger partial charge is 0.131 e. The Balaban J connectivity index is 1.69. The van der Waals surface area contributed by atoms with Gasteiger partial charge in [-0.2, -0.15) is 10.6 Å². The van der Waals surface area contributed by atoms with Gasteiger partial charge in [-0.25, -0.2) is 4.98 Å². The summed E-state index contributed by atoms with van der Waals surface area (Å²) < 4.78 is 26.5. The van der Waals surface area contributed by atoms with E-state index in [-0.39, 0.29) is 19.0 Å². The zero-order chi connectivity index (χ0) is 19.7. The van der Waals surface area contributed by atoms with Crippen molar-refractivity contribution >= 4 is 38.9 Å². The van der Waals surface area contributed by atoms with Gasteiger partial charge in [-0.1, -0.05) is 29.8 Å². The number of benzene rings is 2. The summed E-state index contributed by atoms with van der Waals surface area (Å²) in [6.45, 7) is 1.15. The molecule has 4 rings (SSSR count). The number of rotatable bonds is 4. The van der Waals surface area contributed by atoms with E-state index in [9.17, 15) is 9.11 Å². The molecule has 6 nitrogen and oxygen atoms in total. The molecule has 2 aromatic carbocycles. The first kappa shape index (κ1) is 19.3. The van der Waals surface area contributed by atoms with Crippen molar-refractivity contribution in [2.75, 3.05) is 30.4 Å². The average molecular weight is 421 g/mol. The fraction of sp³-hybridized carbons (Fsp3) is 0.250. The van der Waals surface area contributed by atoms with E-state index in [1.807, 2.05) is 29.2 Å². The Kier molecular flexibility index (Phi) is 5.35. The maximum absolute atomic E-state index is 10.5. The average Bonchev–Trinajstić information content (AvgIpc) is 2.83. The lowest BCUT2D eigenvalue weighted by molar-refractivity contribution is 0.201. The van der Waals surface area contributed by atoms with E-state index >= 15 is 0 Å². The van der Waals surface area contributed by atoms with Crippen LogP contribution in [-0.2, 0) is 6.54 Å². The summed E-state index contributed by atoms with van der Waals surface area (Å²) in [5.41, 5.74) is 1.61. The maximum atomic E-state index is 10.5. The SMILES string of the molecule is OCCOc1ccc2nc(N3CCS(O)(O)c4ccccc4C3)cc(Cl)c2c1. The summed E-state index contributed by atoms with van der Waals surface area (Å²) in [6.07, 6.45) is 0. The van der Waals surface area contributed by atoms with Crippen molar-refractivity contribution in [3.8, 4) is 5.75 Å². The van der Waals surface area contributed by atoms with Gasteiger partial charge in [-0.15, -0.1) is 0 Å². The number of halogens is 1. The second-order valence-corrected chi connectivity index (χ2v) is 9.20. The van der Waals surface area contributed by atoms with Crippen LogP contribution in [0.3, 0.4) is 0 Å². The minimum absolute atomic E-state index is 0.0570. The first-order valence-corrected chi connectivity index (χ1v) is 11.0. The highest BCUT2D eigenvalue weighted by Gasteiger charge is 2.26. The molecule has 0 fully saturated rings. The van der Waals surface area contributed by atoms with Gasteiger partial charge in [-0.05, 0) is 35.9 Å². The third-order valence-electron chi connectivity index (χ3n) is 4.73. The predicted octanol–water partition coefficient (Wildman–Crippen LogP) is 4.39. The highest BCUT2D eigenvalue weighted by atomic mass is 35.5.